The number of unbranched alkanes of at least 4 members (excludes halogenated alkanes) is 1. The van der Waals surface area contributed by atoms with Crippen LogP contribution in [0.1, 0.15) is 41.3 Å². The SMILES string of the molecule is CCC/C=N\C(=N/C)c1ccc(C(=O)O)cc1C. The van der Waals surface area contributed by atoms with Crippen molar-refractivity contribution in [2.45, 2.75) is 26.7 Å². The summed E-state index contributed by atoms with van der Waals surface area (Å²) in [6.07, 6.45) is 3.79. The van der Waals surface area contributed by atoms with E-state index in [0.29, 0.717) is 5.84 Å². The Bertz CT molecular complexity index is 491. The summed E-state index contributed by atoms with van der Waals surface area (Å²) < 4.78 is 0. The number of carbonyl (C=O) groups is 1. The van der Waals surface area contributed by atoms with Crippen LogP contribution in [-0.2, 0) is 0 Å². The number of amidine groups is 1. The zero-order valence-electron chi connectivity index (χ0n) is 11.0. The fraction of sp³-hybridized carbons (Fsp3) is 0.357. The van der Waals surface area contributed by atoms with E-state index >= 15 is 0 Å². The first-order valence-corrected chi connectivity index (χ1v) is 5.93. The zero-order chi connectivity index (χ0) is 13.5. The van der Waals surface area contributed by atoms with E-state index in [1.165, 1.54) is 0 Å². The molecule has 0 aromatic heterocycles. The summed E-state index contributed by atoms with van der Waals surface area (Å²) in [7, 11) is 1.68. The lowest BCUT2D eigenvalue weighted by atomic mass is 10.0. The van der Waals surface area contributed by atoms with E-state index < -0.39 is 5.97 Å². The monoisotopic (exact) mass is 246 g/mol. The second-order valence-corrected chi connectivity index (χ2v) is 3.98. The molecule has 4 heteroatoms. The minimum atomic E-state index is -0.922. The van der Waals surface area contributed by atoms with Crippen molar-refractivity contribution in [2.75, 3.05) is 7.05 Å². The number of aliphatic imine (C=N–C) groups is 2. The second kappa shape index (κ2) is 6.69. The number of aryl methyl sites for hydroxylation is 1. The van der Waals surface area contributed by atoms with E-state index in [9.17, 15) is 4.79 Å². The molecule has 0 aliphatic rings. The van der Waals surface area contributed by atoms with Crippen molar-refractivity contribution in [3.8, 4) is 0 Å². The molecule has 4 nitrogen and oxygen atoms in total. The third kappa shape index (κ3) is 3.52. The van der Waals surface area contributed by atoms with Gasteiger partial charge in [0.05, 0.1) is 5.56 Å². The van der Waals surface area contributed by atoms with Gasteiger partial charge in [-0.2, -0.15) is 0 Å². The summed E-state index contributed by atoms with van der Waals surface area (Å²) >= 11 is 0. The highest BCUT2D eigenvalue weighted by molar-refractivity contribution is 6.04. The van der Waals surface area contributed by atoms with E-state index in [1.54, 1.807) is 25.2 Å². The Balaban J connectivity index is 3.05. The Kier molecular flexibility index (Phi) is 5.24. The van der Waals surface area contributed by atoms with Crippen molar-refractivity contribution in [3.05, 3.63) is 34.9 Å². The van der Waals surface area contributed by atoms with Gasteiger partial charge in [0.2, 0.25) is 0 Å². The van der Waals surface area contributed by atoms with Crippen LogP contribution >= 0.6 is 0 Å². The van der Waals surface area contributed by atoms with Gasteiger partial charge in [-0.05, 0) is 31.0 Å². The number of rotatable bonds is 4. The van der Waals surface area contributed by atoms with Gasteiger partial charge in [-0.3, -0.25) is 4.99 Å². The Morgan fingerprint density at radius 2 is 2.17 bits per heavy atom. The van der Waals surface area contributed by atoms with E-state index in [0.717, 1.165) is 24.0 Å². The molecule has 1 N–H and O–H groups in total. The number of carboxylic acid groups (broad SMARTS) is 1. The van der Waals surface area contributed by atoms with Gasteiger partial charge in [-0.15, -0.1) is 0 Å². The first-order chi connectivity index (χ1) is 8.60. The quantitative estimate of drug-likeness (QED) is 0.655. The summed E-state index contributed by atoms with van der Waals surface area (Å²) in [4.78, 5) is 19.3. The van der Waals surface area contributed by atoms with E-state index in [2.05, 4.69) is 16.9 Å². The van der Waals surface area contributed by atoms with Gasteiger partial charge in [0.25, 0.3) is 0 Å². The molecule has 0 unspecified atom stereocenters. The van der Waals surface area contributed by atoms with Gasteiger partial charge in [0, 0.05) is 18.8 Å². The van der Waals surface area contributed by atoms with Crippen LogP contribution in [0.25, 0.3) is 0 Å². The van der Waals surface area contributed by atoms with Gasteiger partial charge in [-0.1, -0.05) is 19.4 Å². The van der Waals surface area contributed by atoms with E-state index in [4.69, 9.17) is 5.11 Å². The molecule has 0 fully saturated rings. The molecule has 0 bridgehead atoms. The molecule has 1 aromatic rings. The lowest BCUT2D eigenvalue weighted by Crippen LogP contribution is -2.04. The van der Waals surface area contributed by atoms with E-state index in [-0.39, 0.29) is 5.56 Å². The average molecular weight is 246 g/mol. The largest absolute Gasteiger partial charge is 0.478 e. The fourth-order valence-electron chi connectivity index (χ4n) is 1.58. The number of nitrogens with zero attached hydrogens (tertiary/aromatic N) is 2. The molecule has 0 spiro atoms. The number of carboxylic acids is 1. The van der Waals surface area contributed by atoms with Crippen LogP contribution in [0, 0.1) is 6.92 Å². The van der Waals surface area contributed by atoms with Gasteiger partial charge < -0.3 is 5.11 Å². The third-order valence-electron chi connectivity index (χ3n) is 2.56. The Morgan fingerprint density at radius 1 is 1.44 bits per heavy atom. The van der Waals surface area contributed by atoms with Crippen LogP contribution in [0.15, 0.2) is 28.2 Å². The molecular formula is C14H18N2O2. The van der Waals surface area contributed by atoms with Crippen LogP contribution in [0.2, 0.25) is 0 Å². The topological polar surface area (TPSA) is 62.0 Å². The first kappa shape index (κ1) is 14.1. The van der Waals surface area contributed by atoms with Crippen LogP contribution in [0.5, 0.6) is 0 Å². The Hall–Kier alpha value is -1.97. The summed E-state index contributed by atoms with van der Waals surface area (Å²) in [6, 6.07) is 4.97. The molecule has 0 heterocycles. The van der Waals surface area contributed by atoms with Crippen molar-refractivity contribution in [2.24, 2.45) is 9.98 Å². The molecule has 0 aliphatic carbocycles. The highest BCUT2D eigenvalue weighted by Gasteiger charge is 2.08. The number of benzene rings is 1. The van der Waals surface area contributed by atoms with Gasteiger partial charge in [-0.25, -0.2) is 9.79 Å². The zero-order valence-corrected chi connectivity index (χ0v) is 11.0. The standard InChI is InChI=1S/C14H18N2O2/c1-4-5-8-16-13(15-3)12-7-6-11(14(17)18)9-10(12)2/h6-9H,4-5H2,1-3H3,(H,17,18)/b15-13-,16-8-. The second-order valence-electron chi connectivity index (χ2n) is 3.98. The lowest BCUT2D eigenvalue weighted by Gasteiger charge is -2.06. The Labute approximate surface area is 107 Å². The van der Waals surface area contributed by atoms with Crippen LogP contribution in [0.3, 0.4) is 0 Å². The summed E-state index contributed by atoms with van der Waals surface area (Å²) in [6.45, 7) is 3.95. The van der Waals surface area contributed by atoms with Crippen molar-refractivity contribution in [1.82, 2.24) is 0 Å². The number of hydrogen-bond donors (Lipinski definition) is 1. The summed E-state index contributed by atoms with van der Waals surface area (Å²) in [5, 5.41) is 8.91. The molecule has 96 valence electrons. The summed E-state index contributed by atoms with van der Waals surface area (Å²) in [5.41, 5.74) is 2.02. The molecule has 0 saturated heterocycles. The molecule has 0 saturated carbocycles. The van der Waals surface area contributed by atoms with Crippen molar-refractivity contribution in [1.29, 1.82) is 0 Å². The highest BCUT2D eigenvalue weighted by atomic mass is 16.4. The predicted octanol–water partition coefficient (Wildman–Crippen LogP) is 2.94. The van der Waals surface area contributed by atoms with Crippen LogP contribution in [0.4, 0.5) is 0 Å². The normalized spacial score (nSPS) is 12.1. The highest BCUT2D eigenvalue weighted by Crippen LogP contribution is 2.13. The molecular weight excluding hydrogens is 228 g/mol. The number of hydrogen-bond acceptors (Lipinski definition) is 2. The van der Waals surface area contributed by atoms with Crippen molar-refractivity contribution < 1.29 is 9.90 Å². The fourth-order valence-corrected chi connectivity index (χ4v) is 1.58. The first-order valence-electron chi connectivity index (χ1n) is 5.93. The van der Waals surface area contributed by atoms with Gasteiger partial charge in [0.15, 0.2) is 5.84 Å². The molecule has 0 atom stereocenters. The maximum absolute atomic E-state index is 10.9. The molecule has 0 radical (unpaired) electrons. The minimum Gasteiger partial charge on any atom is -0.478 e. The Morgan fingerprint density at radius 3 is 2.67 bits per heavy atom. The summed E-state index contributed by atoms with van der Waals surface area (Å²) in [5.74, 6) is -0.285. The predicted molar refractivity (Wildman–Crippen MR) is 74.0 cm³/mol. The minimum absolute atomic E-state index is 0.282. The number of aromatic carboxylic acids is 1. The maximum atomic E-state index is 10.9. The maximum Gasteiger partial charge on any atom is 0.335 e. The van der Waals surface area contributed by atoms with Crippen LogP contribution in [-0.4, -0.2) is 30.2 Å². The molecule has 0 aliphatic heterocycles. The average Bonchev–Trinajstić information content (AvgIpc) is 2.35. The van der Waals surface area contributed by atoms with Crippen molar-refractivity contribution in [3.63, 3.8) is 0 Å². The third-order valence-corrected chi connectivity index (χ3v) is 2.56. The van der Waals surface area contributed by atoms with Gasteiger partial charge >= 0.3 is 5.97 Å². The van der Waals surface area contributed by atoms with Crippen molar-refractivity contribution >= 4 is 18.0 Å². The molecule has 0 amide bonds. The molecule has 1 rings (SSSR count). The molecule has 1 aromatic carbocycles. The molecule has 18 heavy (non-hydrogen) atoms. The van der Waals surface area contributed by atoms with Crippen LogP contribution < -0.4 is 0 Å². The van der Waals surface area contributed by atoms with Gasteiger partial charge in [0.1, 0.15) is 0 Å². The van der Waals surface area contributed by atoms with E-state index in [1.807, 2.05) is 13.1 Å². The lowest BCUT2D eigenvalue weighted by molar-refractivity contribution is 0.0697. The smallest absolute Gasteiger partial charge is 0.335 e.